The Morgan fingerprint density at radius 1 is 1.09 bits per heavy atom. The lowest BCUT2D eigenvalue weighted by molar-refractivity contribution is 0.0943. The summed E-state index contributed by atoms with van der Waals surface area (Å²) in [6.45, 7) is 6.97. The molecular formula is C20H24N2O. The monoisotopic (exact) mass is 308 g/mol. The predicted molar refractivity (Wildman–Crippen MR) is 93.3 cm³/mol. The summed E-state index contributed by atoms with van der Waals surface area (Å²) in [5, 5.41) is 2.92. The molecule has 1 aliphatic rings. The van der Waals surface area contributed by atoms with E-state index in [1.807, 2.05) is 26.0 Å². The van der Waals surface area contributed by atoms with Gasteiger partial charge < -0.3 is 5.32 Å². The van der Waals surface area contributed by atoms with Crippen LogP contribution in [0.4, 0.5) is 0 Å². The number of nitrogens with one attached hydrogen (secondary N) is 1. The maximum absolute atomic E-state index is 12.0. The van der Waals surface area contributed by atoms with Crippen LogP contribution in [0, 0.1) is 0 Å². The number of carbonyl (C=O) groups is 1. The third-order valence-electron chi connectivity index (χ3n) is 4.25. The van der Waals surface area contributed by atoms with Crippen LogP contribution in [0.1, 0.15) is 40.9 Å². The molecule has 120 valence electrons. The van der Waals surface area contributed by atoms with Crippen molar-refractivity contribution in [2.24, 2.45) is 0 Å². The standard InChI is InChI=1S/C20H24N2O/c1-15(2)21-20(23)18-9-7-16(8-10-18)13-22-12-11-17-5-3-4-6-19(17)14-22/h3-10,15H,11-14H2,1-2H3,(H,21,23). The molecule has 3 nitrogen and oxygen atoms in total. The molecule has 0 saturated heterocycles. The molecule has 1 aliphatic heterocycles. The van der Waals surface area contributed by atoms with E-state index in [9.17, 15) is 4.79 Å². The van der Waals surface area contributed by atoms with Crippen LogP contribution in [0.3, 0.4) is 0 Å². The minimum Gasteiger partial charge on any atom is -0.350 e. The van der Waals surface area contributed by atoms with Crippen LogP contribution in [0.15, 0.2) is 48.5 Å². The smallest absolute Gasteiger partial charge is 0.251 e. The maximum atomic E-state index is 12.0. The number of hydrogen-bond acceptors (Lipinski definition) is 2. The van der Waals surface area contributed by atoms with Gasteiger partial charge in [-0.2, -0.15) is 0 Å². The van der Waals surface area contributed by atoms with Crippen molar-refractivity contribution in [1.29, 1.82) is 0 Å². The van der Waals surface area contributed by atoms with Crippen molar-refractivity contribution in [3.63, 3.8) is 0 Å². The van der Waals surface area contributed by atoms with Gasteiger partial charge in [-0.3, -0.25) is 9.69 Å². The summed E-state index contributed by atoms with van der Waals surface area (Å²) >= 11 is 0. The fourth-order valence-electron chi connectivity index (χ4n) is 3.05. The summed E-state index contributed by atoms with van der Waals surface area (Å²) < 4.78 is 0. The summed E-state index contributed by atoms with van der Waals surface area (Å²) in [6, 6.07) is 16.8. The lowest BCUT2D eigenvalue weighted by atomic mass is 9.99. The molecule has 0 atom stereocenters. The van der Waals surface area contributed by atoms with Gasteiger partial charge in [0.1, 0.15) is 0 Å². The normalized spacial score (nSPS) is 14.6. The fraction of sp³-hybridized carbons (Fsp3) is 0.350. The van der Waals surface area contributed by atoms with Gasteiger partial charge in [0.15, 0.2) is 0 Å². The van der Waals surface area contributed by atoms with Gasteiger partial charge in [-0.1, -0.05) is 36.4 Å². The van der Waals surface area contributed by atoms with E-state index in [1.54, 1.807) is 0 Å². The first-order valence-corrected chi connectivity index (χ1v) is 8.31. The molecule has 1 heterocycles. The molecule has 1 amide bonds. The topological polar surface area (TPSA) is 32.3 Å². The van der Waals surface area contributed by atoms with Crippen LogP contribution in [0.25, 0.3) is 0 Å². The first-order valence-electron chi connectivity index (χ1n) is 8.31. The highest BCUT2D eigenvalue weighted by Crippen LogP contribution is 2.20. The van der Waals surface area contributed by atoms with E-state index in [1.165, 1.54) is 16.7 Å². The molecule has 0 saturated carbocycles. The maximum Gasteiger partial charge on any atom is 0.251 e. The van der Waals surface area contributed by atoms with Crippen LogP contribution in [0.5, 0.6) is 0 Å². The Kier molecular flexibility index (Phi) is 4.77. The zero-order valence-electron chi connectivity index (χ0n) is 13.9. The second-order valence-corrected chi connectivity index (χ2v) is 6.55. The molecule has 3 heteroatoms. The van der Waals surface area contributed by atoms with E-state index < -0.39 is 0 Å². The molecular weight excluding hydrogens is 284 g/mol. The van der Waals surface area contributed by atoms with Gasteiger partial charge in [0, 0.05) is 31.2 Å². The lowest BCUT2D eigenvalue weighted by Gasteiger charge is -2.28. The van der Waals surface area contributed by atoms with Crippen LogP contribution in [0.2, 0.25) is 0 Å². The van der Waals surface area contributed by atoms with E-state index in [0.29, 0.717) is 0 Å². The first-order chi connectivity index (χ1) is 11.1. The highest BCUT2D eigenvalue weighted by Gasteiger charge is 2.16. The zero-order valence-corrected chi connectivity index (χ0v) is 13.9. The van der Waals surface area contributed by atoms with Crippen LogP contribution in [-0.2, 0) is 19.5 Å². The van der Waals surface area contributed by atoms with Crippen LogP contribution in [-0.4, -0.2) is 23.4 Å². The van der Waals surface area contributed by atoms with Crippen molar-refractivity contribution < 1.29 is 4.79 Å². The molecule has 0 spiro atoms. The second-order valence-electron chi connectivity index (χ2n) is 6.55. The van der Waals surface area contributed by atoms with E-state index >= 15 is 0 Å². The summed E-state index contributed by atoms with van der Waals surface area (Å²) in [5.41, 5.74) is 4.90. The Morgan fingerprint density at radius 2 is 1.78 bits per heavy atom. The third kappa shape index (κ3) is 3.99. The average Bonchev–Trinajstić information content (AvgIpc) is 2.55. The van der Waals surface area contributed by atoms with Gasteiger partial charge in [-0.25, -0.2) is 0 Å². The first kappa shape index (κ1) is 15.8. The fourth-order valence-corrected chi connectivity index (χ4v) is 3.05. The Balaban J connectivity index is 1.62. The number of carbonyl (C=O) groups excluding carboxylic acids is 1. The lowest BCUT2D eigenvalue weighted by Crippen LogP contribution is -2.30. The van der Waals surface area contributed by atoms with E-state index in [0.717, 1.165) is 31.6 Å². The average molecular weight is 308 g/mol. The van der Waals surface area contributed by atoms with Crippen molar-refractivity contribution in [2.75, 3.05) is 6.54 Å². The zero-order chi connectivity index (χ0) is 16.2. The second kappa shape index (κ2) is 6.97. The molecule has 0 radical (unpaired) electrons. The van der Waals surface area contributed by atoms with Crippen molar-refractivity contribution in [2.45, 2.75) is 39.4 Å². The molecule has 2 aromatic carbocycles. The van der Waals surface area contributed by atoms with Gasteiger partial charge in [0.25, 0.3) is 5.91 Å². The minimum absolute atomic E-state index is 0.00144. The van der Waals surface area contributed by atoms with Gasteiger partial charge in [0.2, 0.25) is 0 Å². The Morgan fingerprint density at radius 3 is 2.48 bits per heavy atom. The predicted octanol–water partition coefficient (Wildman–Crippen LogP) is 3.38. The van der Waals surface area contributed by atoms with Gasteiger partial charge in [-0.05, 0) is 49.1 Å². The van der Waals surface area contributed by atoms with Gasteiger partial charge in [-0.15, -0.1) is 0 Å². The quantitative estimate of drug-likeness (QED) is 0.939. The molecule has 0 aliphatic carbocycles. The number of amides is 1. The number of benzene rings is 2. The summed E-state index contributed by atoms with van der Waals surface area (Å²) in [7, 11) is 0. The van der Waals surface area contributed by atoms with E-state index in [2.05, 4.69) is 46.6 Å². The Hall–Kier alpha value is -2.13. The molecule has 0 bridgehead atoms. The number of nitrogens with zero attached hydrogens (tertiary/aromatic N) is 1. The van der Waals surface area contributed by atoms with Crippen LogP contribution >= 0.6 is 0 Å². The minimum atomic E-state index is -0.00144. The molecule has 23 heavy (non-hydrogen) atoms. The Bertz CT molecular complexity index is 676. The summed E-state index contributed by atoms with van der Waals surface area (Å²) in [6.07, 6.45) is 1.12. The third-order valence-corrected chi connectivity index (χ3v) is 4.25. The molecule has 2 aromatic rings. The van der Waals surface area contributed by atoms with Gasteiger partial charge >= 0.3 is 0 Å². The molecule has 0 unspecified atom stereocenters. The molecule has 0 aromatic heterocycles. The van der Waals surface area contributed by atoms with Crippen molar-refractivity contribution in [3.8, 4) is 0 Å². The highest BCUT2D eigenvalue weighted by molar-refractivity contribution is 5.94. The summed E-state index contributed by atoms with van der Waals surface area (Å²) in [5.74, 6) is -0.00144. The SMILES string of the molecule is CC(C)NC(=O)c1ccc(CN2CCc3ccccc3C2)cc1. The highest BCUT2D eigenvalue weighted by atomic mass is 16.1. The van der Waals surface area contributed by atoms with Gasteiger partial charge in [0.05, 0.1) is 0 Å². The van der Waals surface area contributed by atoms with E-state index in [4.69, 9.17) is 0 Å². The number of rotatable bonds is 4. The van der Waals surface area contributed by atoms with Crippen molar-refractivity contribution in [1.82, 2.24) is 10.2 Å². The largest absolute Gasteiger partial charge is 0.350 e. The number of hydrogen-bond donors (Lipinski definition) is 1. The molecule has 0 fully saturated rings. The molecule has 1 N–H and O–H groups in total. The Labute approximate surface area is 138 Å². The number of fused-ring (bicyclic) bond motifs is 1. The summed E-state index contributed by atoms with van der Waals surface area (Å²) in [4.78, 5) is 14.4. The van der Waals surface area contributed by atoms with Crippen molar-refractivity contribution in [3.05, 3.63) is 70.8 Å². The van der Waals surface area contributed by atoms with Crippen LogP contribution < -0.4 is 5.32 Å². The van der Waals surface area contributed by atoms with Crippen molar-refractivity contribution >= 4 is 5.91 Å². The molecule has 3 rings (SSSR count). The van der Waals surface area contributed by atoms with E-state index in [-0.39, 0.29) is 11.9 Å².